The van der Waals surface area contributed by atoms with Gasteiger partial charge in [0.15, 0.2) is 5.69 Å². The van der Waals surface area contributed by atoms with Crippen molar-refractivity contribution in [3.05, 3.63) is 63.3 Å². The Morgan fingerprint density at radius 3 is 2.12 bits per heavy atom. The first kappa shape index (κ1) is 17.3. The van der Waals surface area contributed by atoms with Gasteiger partial charge >= 0.3 is 0 Å². The standard InChI is InChI=1S/C25H32N/c1-14(2)24-17(5)12-23-21(20(24)8)13-18(6)26(9)25(23)22-11-15(3)10-16(4)19(22)7/h10-14H,1-9H3/q+1/i13D. The van der Waals surface area contributed by atoms with E-state index in [4.69, 9.17) is 1.37 Å². The molecule has 0 bridgehead atoms. The lowest BCUT2D eigenvalue weighted by atomic mass is 9.86. The van der Waals surface area contributed by atoms with Crippen LogP contribution in [0.2, 0.25) is 0 Å². The molecule has 26 heavy (non-hydrogen) atoms. The number of pyridine rings is 1. The van der Waals surface area contributed by atoms with Gasteiger partial charge in [0.25, 0.3) is 0 Å². The van der Waals surface area contributed by atoms with E-state index in [0.717, 1.165) is 11.1 Å². The van der Waals surface area contributed by atoms with Gasteiger partial charge in [0.05, 0.1) is 12.3 Å². The van der Waals surface area contributed by atoms with Crippen molar-refractivity contribution >= 4 is 10.8 Å². The minimum atomic E-state index is 0.453. The molecule has 0 amide bonds. The average molecular weight is 348 g/mol. The summed E-state index contributed by atoms with van der Waals surface area (Å²) in [6.07, 6.45) is 0. The maximum atomic E-state index is 8.85. The van der Waals surface area contributed by atoms with Crippen molar-refractivity contribution in [1.82, 2.24) is 0 Å². The molecule has 0 aliphatic carbocycles. The number of fused-ring (bicyclic) bond motifs is 1. The zero-order chi connectivity index (χ0) is 20.2. The van der Waals surface area contributed by atoms with E-state index in [1.54, 1.807) is 0 Å². The van der Waals surface area contributed by atoms with Gasteiger partial charge in [0, 0.05) is 13.0 Å². The molecule has 1 heteroatoms. The topological polar surface area (TPSA) is 3.88 Å². The monoisotopic (exact) mass is 347 g/mol. The highest BCUT2D eigenvalue weighted by Gasteiger charge is 2.23. The fraction of sp³-hybridized carbons (Fsp3) is 0.400. The first-order chi connectivity index (χ1) is 12.6. The van der Waals surface area contributed by atoms with Gasteiger partial charge in [-0.1, -0.05) is 25.5 Å². The van der Waals surface area contributed by atoms with Gasteiger partial charge in [-0.3, -0.25) is 0 Å². The van der Waals surface area contributed by atoms with Gasteiger partial charge < -0.3 is 0 Å². The minimum absolute atomic E-state index is 0.453. The van der Waals surface area contributed by atoms with Crippen LogP contribution in [0, 0.1) is 41.5 Å². The van der Waals surface area contributed by atoms with E-state index >= 15 is 0 Å². The van der Waals surface area contributed by atoms with Crippen molar-refractivity contribution < 1.29 is 5.94 Å². The van der Waals surface area contributed by atoms with Crippen molar-refractivity contribution in [2.24, 2.45) is 7.05 Å². The number of rotatable bonds is 2. The first-order valence-electron chi connectivity index (χ1n) is 10.1. The third-order valence-corrected chi connectivity index (χ3v) is 5.88. The van der Waals surface area contributed by atoms with Crippen LogP contribution in [0.3, 0.4) is 0 Å². The van der Waals surface area contributed by atoms with Gasteiger partial charge in [-0.2, -0.15) is 4.57 Å². The summed E-state index contributed by atoms with van der Waals surface area (Å²) in [5, 5.41) is 2.30. The Hall–Kier alpha value is -2.15. The molecule has 1 nitrogen and oxygen atoms in total. The molecule has 1 heterocycles. The van der Waals surface area contributed by atoms with Crippen LogP contribution in [0.25, 0.3) is 22.0 Å². The highest BCUT2D eigenvalue weighted by atomic mass is 14.9. The van der Waals surface area contributed by atoms with Gasteiger partial charge in [0.1, 0.15) is 7.05 Å². The summed E-state index contributed by atoms with van der Waals surface area (Å²) in [6.45, 7) is 17.5. The molecule has 3 rings (SSSR count). The number of hydrogen-bond donors (Lipinski definition) is 0. The van der Waals surface area contributed by atoms with E-state index in [0.29, 0.717) is 12.0 Å². The Labute approximate surface area is 160 Å². The molecular formula is C25H32N+. The predicted octanol–water partition coefficient (Wildman–Crippen LogP) is 6.31. The number of aryl methyl sites for hydroxylation is 4. The van der Waals surface area contributed by atoms with Gasteiger partial charge in [0.2, 0.25) is 5.69 Å². The van der Waals surface area contributed by atoms with Gasteiger partial charge in [-0.25, -0.2) is 0 Å². The molecule has 0 N–H and O–H groups in total. The Balaban J connectivity index is 2.59. The summed E-state index contributed by atoms with van der Waals surface area (Å²) in [5.74, 6) is 0.453. The highest BCUT2D eigenvalue weighted by molar-refractivity contribution is 5.97. The zero-order valence-corrected chi connectivity index (χ0v) is 17.8. The summed E-state index contributed by atoms with van der Waals surface area (Å²) in [5.41, 5.74) is 11.4. The van der Waals surface area contributed by atoms with Crippen LogP contribution in [0.5, 0.6) is 0 Å². The van der Waals surface area contributed by atoms with Crippen molar-refractivity contribution in [3.8, 4) is 11.3 Å². The average Bonchev–Trinajstić information content (AvgIpc) is 2.56. The van der Waals surface area contributed by atoms with Crippen LogP contribution in [-0.4, -0.2) is 0 Å². The molecule has 0 saturated heterocycles. The lowest BCUT2D eigenvalue weighted by Gasteiger charge is -2.19. The van der Waals surface area contributed by atoms with Crippen molar-refractivity contribution in [2.45, 2.75) is 61.3 Å². The lowest BCUT2D eigenvalue weighted by molar-refractivity contribution is -0.665. The van der Waals surface area contributed by atoms with Crippen LogP contribution < -0.4 is 4.57 Å². The normalized spacial score (nSPS) is 12.2. The van der Waals surface area contributed by atoms with Crippen molar-refractivity contribution in [1.29, 1.82) is 0 Å². The van der Waals surface area contributed by atoms with Crippen LogP contribution in [0.4, 0.5) is 0 Å². The molecule has 0 saturated carbocycles. The predicted molar refractivity (Wildman–Crippen MR) is 113 cm³/mol. The maximum absolute atomic E-state index is 8.85. The second-order valence-electron chi connectivity index (χ2n) is 8.18. The Kier molecular flexibility index (Phi) is 4.34. The molecule has 0 atom stereocenters. The third kappa shape index (κ3) is 2.84. The summed E-state index contributed by atoms with van der Waals surface area (Å²) >= 11 is 0. The third-order valence-electron chi connectivity index (χ3n) is 5.88. The molecule has 0 radical (unpaired) electrons. The van der Waals surface area contributed by atoms with Crippen molar-refractivity contribution in [3.63, 3.8) is 0 Å². The molecule has 0 spiro atoms. The first-order valence-corrected chi connectivity index (χ1v) is 9.57. The Morgan fingerprint density at radius 2 is 1.50 bits per heavy atom. The number of benzene rings is 2. The van der Waals surface area contributed by atoms with E-state index in [1.165, 1.54) is 50.0 Å². The van der Waals surface area contributed by atoms with Crippen LogP contribution in [-0.2, 0) is 7.05 Å². The van der Waals surface area contributed by atoms with Crippen LogP contribution in [0.15, 0.2) is 24.2 Å². The molecule has 136 valence electrons. The van der Waals surface area contributed by atoms with Crippen LogP contribution in [0.1, 0.15) is 60.2 Å². The summed E-state index contributed by atoms with van der Waals surface area (Å²) < 4.78 is 11.1. The second-order valence-corrected chi connectivity index (χ2v) is 8.18. The molecule has 2 aromatic carbocycles. The maximum Gasteiger partial charge on any atom is 0.220 e. The fourth-order valence-corrected chi connectivity index (χ4v) is 4.46. The molecule has 0 aliphatic rings. The summed E-state index contributed by atoms with van der Waals surface area (Å²) in [4.78, 5) is 0. The molecule has 3 aromatic rings. The van der Waals surface area contributed by atoms with E-state index in [1.807, 2.05) is 0 Å². The van der Waals surface area contributed by atoms with Gasteiger partial charge in [-0.05, 0) is 85.9 Å². The van der Waals surface area contributed by atoms with Crippen LogP contribution >= 0.6 is 0 Å². The zero-order valence-electron chi connectivity index (χ0n) is 18.8. The van der Waals surface area contributed by atoms with E-state index in [9.17, 15) is 0 Å². The fourth-order valence-electron chi connectivity index (χ4n) is 4.46. The van der Waals surface area contributed by atoms with E-state index in [2.05, 4.69) is 85.2 Å². The molecule has 0 unspecified atom stereocenters. The highest BCUT2D eigenvalue weighted by Crippen LogP contribution is 2.36. The molecule has 0 fully saturated rings. The molecule has 0 aliphatic heterocycles. The van der Waals surface area contributed by atoms with E-state index in [-0.39, 0.29) is 0 Å². The van der Waals surface area contributed by atoms with Gasteiger partial charge in [-0.15, -0.1) is 0 Å². The van der Waals surface area contributed by atoms with E-state index < -0.39 is 0 Å². The molecular weight excluding hydrogens is 314 g/mol. The summed E-state index contributed by atoms with van der Waals surface area (Å²) in [6, 6.07) is 7.50. The lowest BCUT2D eigenvalue weighted by Crippen LogP contribution is -2.35. The largest absolute Gasteiger partial charge is 0.220 e. The summed E-state index contributed by atoms with van der Waals surface area (Å²) in [7, 11) is 2.10. The quantitative estimate of drug-likeness (QED) is 0.479. The number of hydrogen-bond acceptors (Lipinski definition) is 0. The Morgan fingerprint density at radius 1 is 0.846 bits per heavy atom. The smallest absolute Gasteiger partial charge is 0.198 e. The molecule has 1 aromatic heterocycles. The van der Waals surface area contributed by atoms with Crippen molar-refractivity contribution in [2.75, 3.05) is 0 Å². The minimum Gasteiger partial charge on any atom is -0.198 e. The SMILES string of the molecule is [2H]c1c(C)[n+](C)c(-c2cc(C)cc(C)c2C)c2cc(C)c(C(C)C)c(C)c12. The second kappa shape index (κ2) is 6.54. The Bertz CT molecular complexity index is 1070. The number of aromatic nitrogens is 1. The number of nitrogens with zero attached hydrogens (tertiary/aromatic N) is 1.